The van der Waals surface area contributed by atoms with E-state index >= 15 is 0 Å². The SMILES string of the molecule is CC(N)c1cc(Cl)ccc1OCc1ccno1. The molecule has 0 saturated heterocycles. The van der Waals surface area contributed by atoms with Gasteiger partial charge in [0.2, 0.25) is 0 Å². The molecule has 17 heavy (non-hydrogen) atoms. The Bertz CT molecular complexity index is 483. The molecule has 90 valence electrons. The van der Waals surface area contributed by atoms with Gasteiger partial charge in [0.15, 0.2) is 5.76 Å². The molecule has 0 fully saturated rings. The monoisotopic (exact) mass is 252 g/mol. The number of benzene rings is 1. The van der Waals surface area contributed by atoms with E-state index in [1.807, 2.05) is 13.0 Å². The summed E-state index contributed by atoms with van der Waals surface area (Å²) in [6, 6.07) is 6.99. The summed E-state index contributed by atoms with van der Waals surface area (Å²) in [5.41, 5.74) is 6.73. The van der Waals surface area contributed by atoms with Crippen molar-refractivity contribution in [2.75, 3.05) is 0 Å². The van der Waals surface area contributed by atoms with Crippen molar-refractivity contribution in [2.24, 2.45) is 5.73 Å². The molecule has 4 nitrogen and oxygen atoms in total. The first-order valence-corrected chi connectivity index (χ1v) is 5.62. The van der Waals surface area contributed by atoms with Gasteiger partial charge in [-0.05, 0) is 25.1 Å². The average Bonchev–Trinajstić information content (AvgIpc) is 2.80. The van der Waals surface area contributed by atoms with Gasteiger partial charge in [-0.1, -0.05) is 16.8 Å². The largest absolute Gasteiger partial charge is 0.485 e. The van der Waals surface area contributed by atoms with Gasteiger partial charge in [-0.15, -0.1) is 0 Å². The molecule has 0 aliphatic rings. The number of halogens is 1. The number of ether oxygens (including phenoxy) is 1. The normalized spacial score (nSPS) is 12.4. The topological polar surface area (TPSA) is 61.3 Å². The molecule has 5 heteroatoms. The number of hydrogen-bond donors (Lipinski definition) is 1. The highest BCUT2D eigenvalue weighted by atomic mass is 35.5. The number of nitrogens with zero attached hydrogens (tertiary/aromatic N) is 1. The van der Waals surface area contributed by atoms with Crippen LogP contribution in [0.3, 0.4) is 0 Å². The minimum absolute atomic E-state index is 0.140. The molecule has 0 aliphatic heterocycles. The van der Waals surface area contributed by atoms with Crippen molar-refractivity contribution in [1.82, 2.24) is 5.16 Å². The Morgan fingerprint density at radius 2 is 2.29 bits per heavy atom. The van der Waals surface area contributed by atoms with Gasteiger partial charge in [0, 0.05) is 22.7 Å². The van der Waals surface area contributed by atoms with Gasteiger partial charge < -0.3 is 15.0 Å². The Balaban J connectivity index is 2.14. The van der Waals surface area contributed by atoms with Crippen LogP contribution < -0.4 is 10.5 Å². The molecule has 2 rings (SSSR count). The zero-order valence-electron chi connectivity index (χ0n) is 9.39. The van der Waals surface area contributed by atoms with Gasteiger partial charge in [-0.3, -0.25) is 0 Å². The Morgan fingerprint density at radius 1 is 1.47 bits per heavy atom. The summed E-state index contributed by atoms with van der Waals surface area (Å²) < 4.78 is 10.6. The molecular formula is C12H13ClN2O2. The first-order chi connectivity index (χ1) is 8.16. The van der Waals surface area contributed by atoms with Gasteiger partial charge in [0.1, 0.15) is 12.4 Å². The van der Waals surface area contributed by atoms with Crippen molar-refractivity contribution in [2.45, 2.75) is 19.6 Å². The fraction of sp³-hybridized carbons (Fsp3) is 0.250. The Hall–Kier alpha value is -1.52. The second kappa shape index (κ2) is 5.21. The molecule has 0 spiro atoms. The van der Waals surface area contributed by atoms with Gasteiger partial charge >= 0.3 is 0 Å². The number of aromatic nitrogens is 1. The minimum atomic E-state index is -0.140. The third kappa shape index (κ3) is 2.99. The fourth-order valence-corrected chi connectivity index (χ4v) is 1.65. The predicted molar refractivity (Wildman–Crippen MR) is 64.9 cm³/mol. The molecule has 0 aliphatic carbocycles. The van der Waals surface area contributed by atoms with Crippen LogP contribution in [0.5, 0.6) is 5.75 Å². The highest BCUT2D eigenvalue weighted by molar-refractivity contribution is 6.30. The lowest BCUT2D eigenvalue weighted by atomic mass is 10.1. The van der Waals surface area contributed by atoms with Crippen LogP contribution in [0.4, 0.5) is 0 Å². The summed E-state index contributed by atoms with van der Waals surface area (Å²) in [6.45, 7) is 2.20. The van der Waals surface area contributed by atoms with Gasteiger partial charge in [-0.25, -0.2) is 0 Å². The predicted octanol–water partition coefficient (Wildman–Crippen LogP) is 2.93. The van der Waals surface area contributed by atoms with E-state index in [1.54, 1.807) is 24.4 Å². The maximum atomic E-state index is 5.92. The van der Waals surface area contributed by atoms with Crippen LogP contribution >= 0.6 is 11.6 Å². The van der Waals surface area contributed by atoms with Crippen LogP contribution in [0.25, 0.3) is 0 Å². The van der Waals surface area contributed by atoms with Gasteiger partial charge in [0.05, 0.1) is 6.20 Å². The second-order valence-corrected chi connectivity index (χ2v) is 4.17. The molecular weight excluding hydrogens is 240 g/mol. The van der Waals surface area contributed by atoms with Crippen molar-refractivity contribution in [1.29, 1.82) is 0 Å². The third-order valence-corrected chi connectivity index (χ3v) is 2.56. The van der Waals surface area contributed by atoms with Crippen LogP contribution in [0, 0.1) is 0 Å². The standard InChI is InChI=1S/C12H13ClN2O2/c1-8(14)11-6-9(13)2-3-12(11)16-7-10-4-5-15-17-10/h2-6,8H,7,14H2,1H3. The van der Waals surface area contributed by atoms with Crippen LogP contribution in [0.1, 0.15) is 24.3 Å². The van der Waals surface area contributed by atoms with E-state index in [4.69, 9.17) is 26.6 Å². The van der Waals surface area contributed by atoms with Crippen LogP contribution in [-0.4, -0.2) is 5.16 Å². The lowest BCUT2D eigenvalue weighted by Gasteiger charge is -2.13. The van der Waals surface area contributed by atoms with E-state index in [0.29, 0.717) is 23.1 Å². The fourth-order valence-electron chi connectivity index (χ4n) is 1.47. The van der Waals surface area contributed by atoms with E-state index in [-0.39, 0.29) is 6.04 Å². The smallest absolute Gasteiger partial charge is 0.174 e. The van der Waals surface area contributed by atoms with Crippen molar-refractivity contribution in [3.63, 3.8) is 0 Å². The van der Waals surface area contributed by atoms with E-state index in [9.17, 15) is 0 Å². The molecule has 1 aromatic carbocycles. The van der Waals surface area contributed by atoms with Crippen molar-refractivity contribution in [3.8, 4) is 5.75 Å². The van der Waals surface area contributed by atoms with E-state index in [1.165, 1.54) is 0 Å². The lowest BCUT2D eigenvalue weighted by molar-refractivity contribution is 0.246. The molecule has 0 amide bonds. The molecule has 1 aromatic heterocycles. The molecule has 1 heterocycles. The molecule has 2 aromatic rings. The van der Waals surface area contributed by atoms with Crippen molar-refractivity contribution in [3.05, 3.63) is 46.8 Å². The highest BCUT2D eigenvalue weighted by Gasteiger charge is 2.09. The quantitative estimate of drug-likeness (QED) is 0.909. The number of rotatable bonds is 4. The minimum Gasteiger partial charge on any atom is -0.485 e. The van der Waals surface area contributed by atoms with Crippen molar-refractivity contribution >= 4 is 11.6 Å². The maximum absolute atomic E-state index is 5.92. The summed E-state index contributed by atoms with van der Waals surface area (Å²) in [5.74, 6) is 1.37. The molecule has 0 radical (unpaired) electrons. The zero-order chi connectivity index (χ0) is 12.3. The molecule has 0 bridgehead atoms. The number of nitrogens with two attached hydrogens (primary N) is 1. The number of hydrogen-bond acceptors (Lipinski definition) is 4. The zero-order valence-corrected chi connectivity index (χ0v) is 10.1. The highest BCUT2D eigenvalue weighted by Crippen LogP contribution is 2.27. The average molecular weight is 253 g/mol. The third-order valence-electron chi connectivity index (χ3n) is 2.32. The van der Waals surface area contributed by atoms with Crippen LogP contribution in [-0.2, 0) is 6.61 Å². The van der Waals surface area contributed by atoms with Crippen molar-refractivity contribution < 1.29 is 9.26 Å². The Morgan fingerprint density at radius 3 is 2.94 bits per heavy atom. The summed E-state index contributed by atoms with van der Waals surface area (Å²) in [6.07, 6.45) is 1.58. The van der Waals surface area contributed by atoms with E-state index < -0.39 is 0 Å². The van der Waals surface area contributed by atoms with Crippen LogP contribution in [0.15, 0.2) is 35.0 Å². The lowest BCUT2D eigenvalue weighted by Crippen LogP contribution is -2.08. The maximum Gasteiger partial charge on any atom is 0.174 e. The second-order valence-electron chi connectivity index (χ2n) is 3.74. The van der Waals surface area contributed by atoms with E-state index in [2.05, 4.69) is 5.16 Å². The molecule has 2 N–H and O–H groups in total. The molecule has 1 unspecified atom stereocenters. The molecule has 0 saturated carbocycles. The Labute approximate surface area is 104 Å². The summed E-state index contributed by atoms with van der Waals surface area (Å²) >= 11 is 5.92. The van der Waals surface area contributed by atoms with E-state index in [0.717, 1.165) is 5.56 Å². The summed E-state index contributed by atoms with van der Waals surface area (Å²) in [4.78, 5) is 0. The summed E-state index contributed by atoms with van der Waals surface area (Å²) in [5, 5.41) is 4.25. The van der Waals surface area contributed by atoms with Gasteiger partial charge in [-0.2, -0.15) is 0 Å². The first-order valence-electron chi connectivity index (χ1n) is 5.24. The van der Waals surface area contributed by atoms with Crippen LogP contribution in [0.2, 0.25) is 5.02 Å². The van der Waals surface area contributed by atoms with Gasteiger partial charge in [0.25, 0.3) is 0 Å². The Kier molecular flexibility index (Phi) is 3.66. The first kappa shape index (κ1) is 12.0. The molecule has 1 atom stereocenters. The summed E-state index contributed by atoms with van der Waals surface area (Å²) in [7, 11) is 0.